The molecule has 3 amide bonds. The molecule has 0 aliphatic carbocycles. The summed E-state index contributed by atoms with van der Waals surface area (Å²) in [5.74, 6) is 0.322. The molecule has 4 aromatic rings. The molecule has 8 nitrogen and oxygen atoms in total. The van der Waals surface area contributed by atoms with Crippen LogP contribution < -0.4 is 21.7 Å². The maximum atomic E-state index is 13.5. The van der Waals surface area contributed by atoms with Gasteiger partial charge in [-0.05, 0) is 71.3 Å². The van der Waals surface area contributed by atoms with Crippen molar-refractivity contribution in [3.8, 4) is 0 Å². The van der Waals surface area contributed by atoms with E-state index in [0.29, 0.717) is 24.6 Å². The van der Waals surface area contributed by atoms with Crippen molar-refractivity contribution in [1.29, 1.82) is 0 Å². The first-order chi connectivity index (χ1) is 18.0. The van der Waals surface area contributed by atoms with Crippen molar-refractivity contribution in [1.82, 2.24) is 15.2 Å². The molecule has 8 heteroatoms. The fourth-order valence-electron chi connectivity index (χ4n) is 4.53. The number of carbonyl (C=O) groups excluding carboxylic acids is 2. The van der Waals surface area contributed by atoms with Crippen LogP contribution in [0, 0.1) is 0 Å². The number of fused-ring (bicyclic) bond motifs is 11. The zero-order valence-electron chi connectivity index (χ0n) is 20.7. The van der Waals surface area contributed by atoms with Gasteiger partial charge in [-0.1, -0.05) is 36.4 Å². The summed E-state index contributed by atoms with van der Waals surface area (Å²) in [5, 5.41) is 11.2. The van der Waals surface area contributed by atoms with Crippen molar-refractivity contribution in [2.75, 3.05) is 30.0 Å². The molecule has 5 N–H and O–H groups in total. The number of aryl methyl sites for hydroxylation is 1. The van der Waals surface area contributed by atoms with Gasteiger partial charge >= 0.3 is 6.03 Å². The molecule has 6 rings (SSSR count). The standard InChI is InChI=1S/C29H30N6O2/c1-35-15-3-5-19-7-9-21(10-8-19)26(33-24-11-12-25-22(17-24)13-14-31-27(25)30)28(36)32-18-20-4-2-6-23(16-20)34-29(35)37/h2,4,6-14,16-17,26,33H,3,5,15,18H2,1H3,(H2,30,31)(H,32,36)(H,34,37). The minimum Gasteiger partial charge on any atom is -0.383 e. The molecule has 3 aromatic carbocycles. The van der Waals surface area contributed by atoms with Gasteiger partial charge in [0, 0.05) is 43.1 Å². The zero-order valence-corrected chi connectivity index (χ0v) is 20.7. The Balaban J connectivity index is 1.45. The average Bonchev–Trinajstić information content (AvgIpc) is 2.91. The summed E-state index contributed by atoms with van der Waals surface area (Å²) in [6.45, 7) is 0.966. The van der Waals surface area contributed by atoms with Crippen molar-refractivity contribution in [2.45, 2.75) is 25.4 Å². The summed E-state index contributed by atoms with van der Waals surface area (Å²) < 4.78 is 0. The van der Waals surface area contributed by atoms with E-state index < -0.39 is 6.04 Å². The fourth-order valence-corrected chi connectivity index (χ4v) is 4.53. The quantitative estimate of drug-likeness (QED) is 0.323. The molecule has 4 bridgehead atoms. The molecular formula is C29H30N6O2. The SMILES string of the molecule is CN1CCCc2ccc(cc2)C(Nc2ccc3c(N)nccc3c2)C(=O)NCc2cccc(c2)NC1=O. The molecule has 37 heavy (non-hydrogen) atoms. The van der Waals surface area contributed by atoms with Gasteiger partial charge < -0.3 is 26.6 Å². The molecular weight excluding hydrogens is 464 g/mol. The smallest absolute Gasteiger partial charge is 0.321 e. The molecule has 0 fully saturated rings. The highest BCUT2D eigenvalue weighted by Crippen LogP contribution is 2.26. The van der Waals surface area contributed by atoms with Gasteiger partial charge in [0.25, 0.3) is 0 Å². The highest BCUT2D eigenvalue weighted by atomic mass is 16.2. The van der Waals surface area contributed by atoms with Crippen LogP contribution in [0.1, 0.15) is 29.2 Å². The fraction of sp³-hybridized carbons (Fsp3) is 0.207. The average molecular weight is 495 g/mol. The van der Waals surface area contributed by atoms with Gasteiger partial charge in [-0.3, -0.25) is 4.79 Å². The summed E-state index contributed by atoms with van der Waals surface area (Å²) in [6.07, 6.45) is 3.34. The molecule has 2 aliphatic rings. The number of nitrogen functional groups attached to an aromatic ring is 1. The van der Waals surface area contributed by atoms with Crippen LogP contribution in [0.25, 0.3) is 10.8 Å². The highest BCUT2D eigenvalue weighted by Gasteiger charge is 2.21. The first-order valence-electron chi connectivity index (χ1n) is 12.3. The lowest BCUT2D eigenvalue weighted by molar-refractivity contribution is -0.122. The van der Waals surface area contributed by atoms with Gasteiger partial charge in [-0.25, -0.2) is 9.78 Å². The van der Waals surface area contributed by atoms with E-state index in [-0.39, 0.29) is 11.9 Å². The summed E-state index contributed by atoms with van der Waals surface area (Å²) in [4.78, 5) is 31.9. The van der Waals surface area contributed by atoms with Gasteiger partial charge in [0.1, 0.15) is 11.9 Å². The Kier molecular flexibility index (Phi) is 6.89. The number of nitrogens with one attached hydrogen (secondary N) is 3. The lowest BCUT2D eigenvalue weighted by Crippen LogP contribution is -2.33. The Morgan fingerprint density at radius 3 is 2.68 bits per heavy atom. The maximum absolute atomic E-state index is 13.5. The maximum Gasteiger partial charge on any atom is 0.321 e. The first kappa shape index (κ1) is 24.1. The minimum atomic E-state index is -0.601. The van der Waals surface area contributed by atoms with Crippen LogP contribution in [0.15, 0.2) is 79.0 Å². The number of hydrogen-bond donors (Lipinski definition) is 4. The zero-order chi connectivity index (χ0) is 25.8. The Morgan fingerprint density at radius 2 is 1.84 bits per heavy atom. The van der Waals surface area contributed by atoms with Crippen molar-refractivity contribution >= 4 is 39.9 Å². The van der Waals surface area contributed by atoms with Crippen LogP contribution in [0.3, 0.4) is 0 Å². The Bertz CT molecular complexity index is 1440. The number of urea groups is 1. The van der Waals surface area contributed by atoms with E-state index in [9.17, 15) is 9.59 Å². The third kappa shape index (κ3) is 5.64. The van der Waals surface area contributed by atoms with E-state index in [1.54, 1.807) is 18.1 Å². The number of nitrogens with zero attached hydrogens (tertiary/aromatic N) is 2. The molecule has 0 saturated heterocycles. The number of carbonyl (C=O) groups is 2. The second-order valence-corrected chi connectivity index (χ2v) is 9.32. The Morgan fingerprint density at radius 1 is 1.00 bits per heavy atom. The summed E-state index contributed by atoms with van der Waals surface area (Å²) >= 11 is 0. The van der Waals surface area contributed by atoms with Crippen molar-refractivity contribution in [3.63, 3.8) is 0 Å². The number of benzene rings is 3. The monoisotopic (exact) mass is 494 g/mol. The number of nitrogens with two attached hydrogens (primary N) is 1. The first-order valence-corrected chi connectivity index (χ1v) is 12.3. The third-order valence-corrected chi connectivity index (χ3v) is 6.63. The lowest BCUT2D eigenvalue weighted by Gasteiger charge is -2.21. The van der Waals surface area contributed by atoms with E-state index in [1.807, 2.05) is 72.8 Å². The van der Waals surface area contributed by atoms with Crippen LogP contribution in [-0.2, 0) is 17.8 Å². The Labute approximate surface area is 215 Å². The number of rotatable bonds is 2. The molecule has 1 atom stereocenters. The predicted octanol–water partition coefficient (Wildman–Crippen LogP) is 4.70. The van der Waals surface area contributed by atoms with E-state index in [4.69, 9.17) is 5.73 Å². The van der Waals surface area contributed by atoms with Crippen LogP contribution in [0.4, 0.5) is 22.0 Å². The number of amides is 3. The van der Waals surface area contributed by atoms with Crippen molar-refractivity contribution in [3.05, 3.63) is 95.7 Å². The summed E-state index contributed by atoms with van der Waals surface area (Å²) in [5.41, 5.74) is 10.4. The molecule has 1 aromatic heterocycles. The number of pyridine rings is 1. The number of aromatic nitrogens is 1. The molecule has 3 heterocycles. The summed E-state index contributed by atoms with van der Waals surface area (Å²) in [6, 6.07) is 22.5. The minimum absolute atomic E-state index is 0.152. The molecule has 188 valence electrons. The second kappa shape index (κ2) is 10.6. The van der Waals surface area contributed by atoms with Crippen LogP contribution in [0.2, 0.25) is 0 Å². The van der Waals surface area contributed by atoms with Gasteiger partial charge in [0.15, 0.2) is 0 Å². The van der Waals surface area contributed by atoms with E-state index >= 15 is 0 Å². The molecule has 0 spiro atoms. The predicted molar refractivity (Wildman–Crippen MR) is 147 cm³/mol. The van der Waals surface area contributed by atoms with E-state index in [1.165, 1.54) is 0 Å². The van der Waals surface area contributed by atoms with Crippen LogP contribution >= 0.6 is 0 Å². The van der Waals surface area contributed by atoms with E-state index in [2.05, 4.69) is 20.9 Å². The largest absolute Gasteiger partial charge is 0.383 e. The van der Waals surface area contributed by atoms with Crippen molar-refractivity contribution in [2.24, 2.45) is 0 Å². The van der Waals surface area contributed by atoms with E-state index in [0.717, 1.165) is 46.0 Å². The topological polar surface area (TPSA) is 112 Å². The van der Waals surface area contributed by atoms with Gasteiger partial charge in [0.05, 0.1) is 0 Å². The van der Waals surface area contributed by atoms with Crippen LogP contribution in [-0.4, -0.2) is 35.4 Å². The van der Waals surface area contributed by atoms with Gasteiger partial charge in [-0.2, -0.15) is 0 Å². The Hall–Kier alpha value is -4.59. The van der Waals surface area contributed by atoms with Gasteiger partial charge in [0.2, 0.25) is 5.91 Å². The third-order valence-electron chi connectivity index (χ3n) is 6.63. The molecule has 2 aliphatic heterocycles. The number of anilines is 3. The second-order valence-electron chi connectivity index (χ2n) is 9.32. The normalized spacial score (nSPS) is 16.7. The lowest BCUT2D eigenvalue weighted by atomic mass is 10.0. The summed E-state index contributed by atoms with van der Waals surface area (Å²) in [7, 11) is 1.80. The number of hydrogen-bond acceptors (Lipinski definition) is 5. The van der Waals surface area contributed by atoms with Gasteiger partial charge in [-0.15, -0.1) is 0 Å². The molecule has 1 unspecified atom stereocenters. The van der Waals surface area contributed by atoms with Crippen LogP contribution in [0.5, 0.6) is 0 Å². The molecule has 0 saturated carbocycles. The highest BCUT2D eigenvalue weighted by molar-refractivity contribution is 5.94. The van der Waals surface area contributed by atoms with Crippen molar-refractivity contribution < 1.29 is 9.59 Å². The molecule has 0 radical (unpaired) electrons.